The quantitative estimate of drug-likeness (QED) is 0.247. The predicted octanol–water partition coefficient (Wildman–Crippen LogP) is 6.14. The van der Waals surface area contributed by atoms with Gasteiger partial charge in [0.25, 0.3) is 3.45 Å². The molecule has 0 atom stereocenters. The van der Waals surface area contributed by atoms with E-state index in [1.165, 1.54) is 0 Å². The molecule has 13 heavy (non-hydrogen) atoms. The summed E-state index contributed by atoms with van der Waals surface area (Å²) < 4.78 is -3.41. The maximum Gasteiger partial charge on any atom is 0.278 e. The van der Waals surface area contributed by atoms with Crippen LogP contribution < -0.4 is 0 Å². The predicted molar refractivity (Wildman–Crippen MR) is 94.8 cm³/mol. The van der Waals surface area contributed by atoms with E-state index in [0.717, 1.165) is 0 Å². The third-order valence-electron chi connectivity index (χ3n) is 1.50. The molecule has 0 saturated heterocycles. The second-order valence-electron chi connectivity index (χ2n) is 2.85. The van der Waals surface area contributed by atoms with Crippen LogP contribution in [0.2, 0.25) is 5.54 Å². The highest BCUT2D eigenvalue weighted by molar-refractivity contribution is 9.84. The summed E-state index contributed by atoms with van der Waals surface area (Å²) in [5.41, 5.74) is 0.609. The Morgan fingerprint density at radius 3 is 1.15 bits per heavy atom. The molecule has 0 fully saturated rings. The van der Waals surface area contributed by atoms with E-state index in [1.807, 2.05) is 0 Å². The third kappa shape index (κ3) is 4.01. The van der Waals surface area contributed by atoms with Crippen LogP contribution in [0.15, 0.2) is 0 Å². The molecule has 0 amide bonds. The highest BCUT2D eigenvalue weighted by atomic mass is 80.0. The summed E-state index contributed by atoms with van der Waals surface area (Å²) >= 11 is 26.6. The molecule has 0 radical (unpaired) electrons. The molecule has 0 bridgehead atoms. The van der Waals surface area contributed by atoms with Gasteiger partial charge in [-0.1, -0.05) is 59.7 Å². The van der Waals surface area contributed by atoms with Crippen LogP contribution in [0.5, 0.6) is 0 Å². The Morgan fingerprint density at radius 1 is 0.769 bits per heavy atom. The van der Waals surface area contributed by atoms with Gasteiger partial charge in [0.1, 0.15) is 0 Å². The van der Waals surface area contributed by atoms with Crippen molar-refractivity contribution >= 4 is 120 Å². The molecule has 0 aliphatic heterocycles. The first-order chi connectivity index (χ1) is 5.44. The molecule has 0 aromatic rings. The van der Waals surface area contributed by atoms with E-state index in [1.54, 1.807) is 0 Å². The lowest BCUT2D eigenvalue weighted by molar-refractivity contribution is 1.07. The topological polar surface area (TPSA) is 0 Å². The summed E-state index contributed by atoms with van der Waals surface area (Å²) in [6.07, 6.45) is 0. The maximum absolute atomic E-state index is 3.87. The fourth-order valence-electron chi connectivity index (χ4n) is 0.552. The molecule has 0 nitrogen and oxygen atoms in total. The molecule has 10 heteroatoms. The van der Waals surface area contributed by atoms with Crippen molar-refractivity contribution in [1.82, 2.24) is 0 Å². The molecule has 0 aromatic carbocycles. The van der Waals surface area contributed by atoms with Gasteiger partial charge >= 0.3 is 0 Å². The second-order valence-corrected chi connectivity index (χ2v) is 79.1. The Morgan fingerprint density at radius 2 is 1.08 bits per heavy atom. The number of halogens is 7. The van der Waals surface area contributed by atoms with E-state index in [-0.39, 0.29) is 0 Å². The molecule has 0 spiro atoms. The Balaban J connectivity index is 5.04. The van der Waals surface area contributed by atoms with E-state index in [0.29, 0.717) is 5.54 Å². The molecule has 0 N–H and O–H groups in total. The van der Waals surface area contributed by atoms with E-state index in [4.69, 9.17) is 0 Å². The van der Waals surface area contributed by atoms with E-state index in [2.05, 4.69) is 121 Å². The molecule has 0 aliphatic rings. The van der Waals surface area contributed by atoms with Crippen LogP contribution >= 0.6 is 107 Å². The van der Waals surface area contributed by atoms with Gasteiger partial charge in [-0.15, -0.1) is 61.2 Å². The molecule has 0 aliphatic carbocycles. The maximum atomic E-state index is 3.87. The monoisotopic (exact) mass is 679 g/mol. The minimum absolute atomic E-state index is 0.609. The number of rotatable bonds is 3. The summed E-state index contributed by atoms with van der Waals surface area (Å²) in [6.45, 7) is 4.46. The fourth-order valence-corrected chi connectivity index (χ4v) is 104. The molecule has 80 valence electrons. The van der Waals surface area contributed by atoms with Crippen LogP contribution in [-0.2, 0) is 0 Å². The zero-order valence-corrected chi connectivity index (χ0v) is 20.8. The molecular formula is C3H7Br7Si3. The van der Waals surface area contributed by atoms with E-state index < -0.39 is 12.6 Å². The van der Waals surface area contributed by atoms with Crippen LogP contribution in [0, 0.1) is 0 Å². The number of hydrogen-bond donors (Lipinski definition) is 0. The Hall–Kier alpha value is 4.01. The lowest BCUT2D eigenvalue weighted by atomic mass is 10.6. The van der Waals surface area contributed by atoms with Crippen molar-refractivity contribution in [2.45, 2.75) is 19.4 Å². The Kier molecular flexibility index (Phi) is 7.55. The van der Waals surface area contributed by atoms with Crippen LogP contribution in [-0.4, -0.2) is 12.6 Å². The number of hydrogen-bond acceptors (Lipinski definition) is 0. The van der Waals surface area contributed by atoms with Crippen molar-refractivity contribution < 1.29 is 0 Å². The Bertz CT molecular complexity index is 184. The van der Waals surface area contributed by atoms with E-state index >= 15 is 0 Å². The van der Waals surface area contributed by atoms with Crippen LogP contribution in [0.25, 0.3) is 0 Å². The van der Waals surface area contributed by atoms with Gasteiger partial charge in [-0.25, -0.2) is 0 Å². The minimum atomic E-state index is -1.71. The highest BCUT2D eigenvalue weighted by Crippen LogP contribution is 2.56. The minimum Gasteiger partial charge on any atom is -0.113 e. The summed E-state index contributed by atoms with van der Waals surface area (Å²) in [7, 11) is 0. The van der Waals surface area contributed by atoms with Gasteiger partial charge in [0.05, 0.1) is 0 Å². The molecule has 0 heterocycles. The Labute approximate surface area is 136 Å². The largest absolute Gasteiger partial charge is 0.278 e. The zero-order chi connectivity index (χ0) is 11.1. The summed E-state index contributed by atoms with van der Waals surface area (Å²) in [4.78, 5) is -1.63. The second kappa shape index (κ2) is 5.77. The van der Waals surface area contributed by atoms with Crippen molar-refractivity contribution in [3.8, 4) is 0 Å². The average Bonchev–Trinajstić information content (AvgIpc) is 1.84. The van der Waals surface area contributed by atoms with Crippen molar-refractivity contribution in [2.75, 3.05) is 0 Å². The zero-order valence-electron chi connectivity index (χ0n) is 6.72. The lowest BCUT2D eigenvalue weighted by Crippen LogP contribution is -2.59. The van der Waals surface area contributed by atoms with Gasteiger partial charge in [0.2, 0.25) is 9.18 Å². The van der Waals surface area contributed by atoms with Crippen molar-refractivity contribution in [1.29, 1.82) is 0 Å². The first-order valence-electron chi connectivity index (χ1n) is 3.27. The summed E-state index contributed by atoms with van der Waals surface area (Å²) in [5.74, 6) is 0. The molecule has 0 saturated carbocycles. The SMILES string of the molecule is CC(C)[Si](Br)(Br)[Si](Br)(Br)[Si](Br)(Br)Br. The average molecular weight is 687 g/mol. The summed E-state index contributed by atoms with van der Waals surface area (Å²) in [6, 6.07) is 0. The van der Waals surface area contributed by atoms with Gasteiger partial charge in [0, 0.05) is 0 Å². The van der Waals surface area contributed by atoms with Gasteiger partial charge in [0.15, 0.2) is 0 Å². The third-order valence-corrected chi connectivity index (χ3v) is 136. The molecule has 0 rings (SSSR count). The van der Waals surface area contributed by atoms with Crippen molar-refractivity contribution in [3.63, 3.8) is 0 Å². The highest BCUT2D eigenvalue weighted by Gasteiger charge is 2.64. The standard InChI is InChI=1S/C3H7Br7Si3/c1-3(2)11(4,5)13(9,10)12(6,7)8/h3H,1-2H3. The van der Waals surface area contributed by atoms with Gasteiger partial charge in [-0.05, 0) is 5.54 Å². The van der Waals surface area contributed by atoms with Crippen LogP contribution in [0.1, 0.15) is 13.8 Å². The first kappa shape index (κ1) is 17.0. The fraction of sp³-hybridized carbons (Fsp3) is 1.00. The molecular weight excluding hydrogens is 680 g/mol. The van der Waals surface area contributed by atoms with E-state index in [9.17, 15) is 0 Å². The molecule has 0 aromatic heterocycles. The van der Waals surface area contributed by atoms with Gasteiger partial charge in [-0.2, -0.15) is 0 Å². The van der Waals surface area contributed by atoms with Crippen LogP contribution in [0.3, 0.4) is 0 Å². The normalized spacial score (nSPS) is 15.2. The van der Waals surface area contributed by atoms with Gasteiger partial charge in [-0.3, -0.25) is 0 Å². The first-order valence-corrected chi connectivity index (χ1v) is 27.1. The molecule has 0 unspecified atom stereocenters. The smallest absolute Gasteiger partial charge is 0.113 e. The van der Waals surface area contributed by atoms with Gasteiger partial charge < -0.3 is 0 Å². The lowest BCUT2D eigenvalue weighted by Gasteiger charge is -2.37. The van der Waals surface area contributed by atoms with Crippen LogP contribution in [0.4, 0.5) is 0 Å². The van der Waals surface area contributed by atoms with Crippen molar-refractivity contribution in [2.24, 2.45) is 0 Å². The summed E-state index contributed by atoms with van der Waals surface area (Å²) in [5, 5.41) is 0. The van der Waals surface area contributed by atoms with Crippen molar-refractivity contribution in [3.05, 3.63) is 0 Å².